The van der Waals surface area contributed by atoms with E-state index in [4.69, 9.17) is 5.73 Å². The molecule has 0 unspecified atom stereocenters. The van der Waals surface area contributed by atoms with Gasteiger partial charge in [-0.25, -0.2) is 9.50 Å². The largest absolute Gasteiger partial charge is 0.325 e. The zero-order chi connectivity index (χ0) is 11.1. The van der Waals surface area contributed by atoms with E-state index in [0.29, 0.717) is 12.5 Å². The summed E-state index contributed by atoms with van der Waals surface area (Å²) in [4.78, 5) is 8.98. The number of nitrogens with one attached hydrogen (secondary N) is 1. The average molecular weight is 219 g/mol. The van der Waals surface area contributed by atoms with Gasteiger partial charge in [0.05, 0.1) is 11.4 Å². The summed E-state index contributed by atoms with van der Waals surface area (Å²) in [6, 6.07) is 0. The number of hydrogen-bond donors (Lipinski definition) is 2. The molecule has 0 atom stereocenters. The van der Waals surface area contributed by atoms with Gasteiger partial charge in [0.2, 0.25) is 0 Å². The van der Waals surface area contributed by atoms with Crippen LogP contribution < -0.4 is 5.73 Å². The van der Waals surface area contributed by atoms with Gasteiger partial charge in [-0.05, 0) is 19.8 Å². The Morgan fingerprint density at radius 3 is 2.81 bits per heavy atom. The second kappa shape index (κ2) is 3.59. The van der Waals surface area contributed by atoms with Crippen LogP contribution in [0, 0.1) is 6.92 Å². The van der Waals surface area contributed by atoms with Crippen molar-refractivity contribution in [1.29, 1.82) is 0 Å². The molecule has 1 aliphatic carbocycles. The molecule has 3 N–H and O–H groups in total. The Kier molecular flexibility index (Phi) is 2.21. The topological polar surface area (TPSA) is 72.0 Å². The number of rotatable bonds is 2. The third kappa shape index (κ3) is 1.35. The first-order valence-corrected chi connectivity index (χ1v) is 5.93. The van der Waals surface area contributed by atoms with Crippen LogP contribution in [-0.4, -0.2) is 19.6 Å². The van der Waals surface area contributed by atoms with Gasteiger partial charge in [0.15, 0.2) is 0 Å². The SMILES string of the molecule is Cc1nc2nc(C3CCCC3)[nH]n2c1CN. The van der Waals surface area contributed by atoms with Gasteiger partial charge in [0, 0.05) is 12.5 Å². The van der Waals surface area contributed by atoms with Crippen molar-refractivity contribution < 1.29 is 0 Å². The van der Waals surface area contributed by atoms with Crippen LogP contribution in [0.25, 0.3) is 5.78 Å². The Morgan fingerprint density at radius 1 is 1.38 bits per heavy atom. The standard InChI is InChI=1S/C11H17N5/c1-7-9(6-12)16-11(13-7)14-10(15-16)8-4-2-3-5-8/h8H,2-6,12H2,1H3,(H,13,14,15). The molecule has 1 saturated carbocycles. The predicted molar refractivity (Wildman–Crippen MR) is 61.2 cm³/mol. The molecule has 0 aliphatic heterocycles. The van der Waals surface area contributed by atoms with Crippen molar-refractivity contribution in [3.8, 4) is 0 Å². The van der Waals surface area contributed by atoms with E-state index < -0.39 is 0 Å². The highest BCUT2D eigenvalue weighted by Crippen LogP contribution is 2.32. The van der Waals surface area contributed by atoms with E-state index in [9.17, 15) is 0 Å². The third-order valence-corrected chi connectivity index (χ3v) is 3.54. The normalized spacial score (nSPS) is 17.6. The molecule has 16 heavy (non-hydrogen) atoms. The van der Waals surface area contributed by atoms with Gasteiger partial charge in [0.25, 0.3) is 5.78 Å². The molecule has 0 radical (unpaired) electrons. The van der Waals surface area contributed by atoms with Crippen molar-refractivity contribution in [2.24, 2.45) is 5.73 Å². The molecular formula is C11H17N5. The molecule has 2 aromatic heterocycles. The van der Waals surface area contributed by atoms with E-state index in [1.54, 1.807) is 0 Å². The lowest BCUT2D eigenvalue weighted by Gasteiger charge is -2.03. The minimum atomic E-state index is 0.499. The highest BCUT2D eigenvalue weighted by atomic mass is 15.4. The maximum atomic E-state index is 5.72. The van der Waals surface area contributed by atoms with Gasteiger partial charge < -0.3 is 5.73 Å². The highest BCUT2D eigenvalue weighted by Gasteiger charge is 2.22. The first-order chi connectivity index (χ1) is 7.79. The first-order valence-electron chi connectivity index (χ1n) is 5.93. The fourth-order valence-electron chi connectivity index (χ4n) is 2.61. The molecule has 5 heteroatoms. The number of aromatic amines is 1. The summed E-state index contributed by atoms with van der Waals surface area (Å²) in [5, 5.41) is 3.34. The predicted octanol–water partition coefficient (Wildman–Crippen LogP) is 1.48. The van der Waals surface area contributed by atoms with Crippen LogP contribution in [0.4, 0.5) is 0 Å². The second-order valence-corrected chi connectivity index (χ2v) is 4.57. The lowest BCUT2D eigenvalue weighted by molar-refractivity contribution is 0.661. The smallest absolute Gasteiger partial charge is 0.251 e. The Balaban J connectivity index is 2.05. The molecule has 5 nitrogen and oxygen atoms in total. The molecule has 1 fully saturated rings. The molecule has 3 rings (SSSR count). The highest BCUT2D eigenvalue weighted by molar-refractivity contribution is 5.34. The summed E-state index contributed by atoms with van der Waals surface area (Å²) in [7, 11) is 0. The van der Waals surface area contributed by atoms with Crippen LogP contribution in [0.3, 0.4) is 0 Å². The number of nitrogens with zero attached hydrogens (tertiary/aromatic N) is 3. The van der Waals surface area contributed by atoms with Crippen LogP contribution in [0.5, 0.6) is 0 Å². The van der Waals surface area contributed by atoms with Gasteiger partial charge in [-0.3, -0.25) is 5.10 Å². The molecule has 2 heterocycles. The lowest BCUT2D eigenvalue weighted by atomic mass is 10.1. The molecule has 0 bridgehead atoms. The minimum absolute atomic E-state index is 0.499. The Hall–Kier alpha value is -1.36. The van der Waals surface area contributed by atoms with Crippen molar-refractivity contribution in [2.45, 2.75) is 45.1 Å². The quantitative estimate of drug-likeness (QED) is 0.803. The Labute approximate surface area is 94.1 Å². The second-order valence-electron chi connectivity index (χ2n) is 4.57. The minimum Gasteiger partial charge on any atom is -0.325 e. The van der Waals surface area contributed by atoms with Crippen LogP contribution in [0.2, 0.25) is 0 Å². The van der Waals surface area contributed by atoms with E-state index in [0.717, 1.165) is 23.0 Å². The lowest BCUT2D eigenvalue weighted by Crippen LogP contribution is -2.04. The fourth-order valence-corrected chi connectivity index (χ4v) is 2.61. The third-order valence-electron chi connectivity index (χ3n) is 3.54. The molecule has 2 aromatic rings. The number of hydrogen-bond acceptors (Lipinski definition) is 3. The van der Waals surface area contributed by atoms with E-state index in [1.807, 2.05) is 11.4 Å². The number of H-pyrrole nitrogens is 1. The van der Waals surface area contributed by atoms with Crippen LogP contribution >= 0.6 is 0 Å². The Morgan fingerprint density at radius 2 is 2.12 bits per heavy atom. The van der Waals surface area contributed by atoms with E-state index in [-0.39, 0.29) is 0 Å². The first kappa shape index (κ1) is 9.84. The van der Waals surface area contributed by atoms with E-state index in [2.05, 4.69) is 15.1 Å². The zero-order valence-electron chi connectivity index (χ0n) is 9.53. The molecule has 1 aliphatic rings. The van der Waals surface area contributed by atoms with Crippen molar-refractivity contribution >= 4 is 5.78 Å². The maximum absolute atomic E-state index is 5.72. The summed E-state index contributed by atoms with van der Waals surface area (Å²) < 4.78 is 1.93. The summed E-state index contributed by atoms with van der Waals surface area (Å²) in [6.07, 6.45) is 5.12. The molecule has 0 aromatic carbocycles. The van der Waals surface area contributed by atoms with Crippen molar-refractivity contribution in [1.82, 2.24) is 19.6 Å². The molecule has 0 saturated heterocycles. The number of aryl methyl sites for hydroxylation is 1. The summed E-state index contributed by atoms with van der Waals surface area (Å²) in [6.45, 7) is 2.47. The summed E-state index contributed by atoms with van der Waals surface area (Å²) in [5.41, 5.74) is 7.72. The monoisotopic (exact) mass is 219 g/mol. The van der Waals surface area contributed by atoms with Crippen molar-refractivity contribution in [2.75, 3.05) is 0 Å². The van der Waals surface area contributed by atoms with E-state index in [1.165, 1.54) is 25.7 Å². The molecular weight excluding hydrogens is 202 g/mol. The van der Waals surface area contributed by atoms with E-state index >= 15 is 0 Å². The van der Waals surface area contributed by atoms with Crippen LogP contribution in [0.15, 0.2) is 0 Å². The van der Waals surface area contributed by atoms with Gasteiger partial charge in [-0.15, -0.1) is 0 Å². The fraction of sp³-hybridized carbons (Fsp3) is 0.636. The van der Waals surface area contributed by atoms with Gasteiger partial charge in [-0.1, -0.05) is 12.8 Å². The molecule has 0 amide bonds. The van der Waals surface area contributed by atoms with Crippen molar-refractivity contribution in [3.63, 3.8) is 0 Å². The van der Waals surface area contributed by atoms with Gasteiger partial charge in [-0.2, -0.15) is 4.98 Å². The maximum Gasteiger partial charge on any atom is 0.251 e. The summed E-state index contributed by atoms with van der Waals surface area (Å²) >= 11 is 0. The van der Waals surface area contributed by atoms with Gasteiger partial charge in [0.1, 0.15) is 5.82 Å². The zero-order valence-corrected chi connectivity index (χ0v) is 9.53. The number of nitrogens with two attached hydrogens (primary N) is 1. The van der Waals surface area contributed by atoms with Crippen LogP contribution in [-0.2, 0) is 6.54 Å². The molecule has 86 valence electrons. The van der Waals surface area contributed by atoms with Gasteiger partial charge >= 0.3 is 0 Å². The number of imidazole rings is 1. The molecule has 0 spiro atoms. The number of fused-ring (bicyclic) bond motifs is 1. The summed E-state index contributed by atoms with van der Waals surface area (Å²) in [5.74, 6) is 2.43. The van der Waals surface area contributed by atoms with Crippen molar-refractivity contribution in [3.05, 3.63) is 17.2 Å². The number of aromatic nitrogens is 4. The van der Waals surface area contributed by atoms with Crippen LogP contribution in [0.1, 0.15) is 48.8 Å². The average Bonchev–Trinajstić information content (AvgIpc) is 2.90. The Bertz CT molecular complexity index is 504.